The first-order valence-corrected chi connectivity index (χ1v) is 17.6. The van der Waals surface area contributed by atoms with Crippen LogP contribution in [-0.2, 0) is 38.4 Å². The van der Waals surface area contributed by atoms with E-state index < -0.39 is 100 Å². The van der Waals surface area contributed by atoms with Gasteiger partial charge in [0.05, 0.1) is 52.5 Å². The third-order valence-corrected chi connectivity index (χ3v) is 8.44. The molecular weight excluding hydrogens is 754 g/mol. The average Bonchev–Trinajstić information content (AvgIpc) is 3.06. The Morgan fingerprint density at radius 3 is 0.679 bits per heavy atom. The Labute approximate surface area is 322 Å². The van der Waals surface area contributed by atoms with E-state index in [9.17, 15) is 79.2 Å². The van der Waals surface area contributed by atoms with Gasteiger partial charge in [-0.2, -0.15) is 0 Å². The molecule has 25 nitrogen and oxygen atoms in total. The van der Waals surface area contributed by atoms with E-state index in [0.29, 0.717) is 0 Å². The van der Waals surface area contributed by atoms with Crippen LogP contribution >= 0.6 is 0 Å². The summed E-state index contributed by atoms with van der Waals surface area (Å²) >= 11 is 0. The van der Waals surface area contributed by atoms with E-state index in [1.807, 2.05) is 0 Å². The van der Waals surface area contributed by atoms with Gasteiger partial charge in [-0.15, -0.1) is 0 Å². The zero-order chi connectivity index (χ0) is 42.2. The summed E-state index contributed by atoms with van der Waals surface area (Å²) in [5.41, 5.74) is 2.83. The first-order chi connectivity index (χ1) is 26.3. The van der Waals surface area contributed by atoms with Gasteiger partial charge in [-0.3, -0.25) is 72.7 Å². The van der Waals surface area contributed by atoms with Crippen LogP contribution in [0.3, 0.4) is 0 Å². The predicted octanol–water partition coefficient (Wildman–Crippen LogP) is -5.45. The molecule has 0 spiro atoms. The number of nitrogens with zero attached hydrogens (tertiary/aromatic N) is 8. The number of carbonyl (C=O) groups is 8. The van der Waals surface area contributed by atoms with Gasteiger partial charge in [0.2, 0.25) is 0 Å². The quantitative estimate of drug-likeness (QED) is 0.0702. The summed E-state index contributed by atoms with van der Waals surface area (Å²) in [7, 11) is 0. The molecule has 0 aliphatic carbocycles. The zero-order valence-electron chi connectivity index (χ0n) is 31.2. The van der Waals surface area contributed by atoms with E-state index in [0.717, 1.165) is 0 Å². The van der Waals surface area contributed by atoms with Gasteiger partial charge in [0.25, 0.3) is 0 Å². The van der Waals surface area contributed by atoms with Crippen LogP contribution < -0.4 is 5.43 Å². The van der Waals surface area contributed by atoms with Gasteiger partial charge in [0, 0.05) is 91.6 Å². The summed E-state index contributed by atoms with van der Waals surface area (Å²) < 4.78 is 0. The Hall–Kier alpha value is -4.60. The maximum absolute atomic E-state index is 11.7. The largest absolute Gasteiger partial charge is 0.480 e. The SMILES string of the molecule is O=C(O)CN1CCN(CC(=O)O)CCN(CC(=O)O)CCN(CC(=O)O)CCN(CC(=O)O)NCN(CC(=O)O)CCN(CC(=O)O)CCN(CC(=O)O)CC1. The van der Waals surface area contributed by atoms with E-state index >= 15 is 0 Å². The first kappa shape index (κ1) is 49.4. The average molecular weight is 810 g/mol. The molecule has 0 aromatic rings. The minimum absolute atomic E-state index is 0.00318. The highest BCUT2D eigenvalue weighted by Crippen LogP contribution is 2.02. The summed E-state index contributed by atoms with van der Waals surface area (Å²) in [6.45, 7) is -4.23. The Morgan fingerprint density at radius 1 is 0.286 bits per heavy atom. The van der Waals surface area contributed by atoms with Crippen LogP contribution in [0.2, 0.25) is 0 Å². The maximum atomic E-state index is 11.7. The molecule has 0 bridgehead atoms. The molecule has 9 N–H and O–H groups in total. The lowest BCUT2D eigenvalue weighted by atomic mass is 10.3. The van der Waals surface area contributed by atoms with Crippen molar-refractivity contribution in [3.05, 3.63) is 0 Å². The van der Waals surface area contributed by atoms with Gasteiger partial charge < -0.3 is 40.9 Å². The summed E-state index contributed by atoms with van der Waals surface area (Å²) in [4.78, 5) is 104. The van der Waals surface area contributed by atoms with Crippen molar-refractivity contribution in [3.8, 4) is 0 Å². The Bertz CT molecular complexity index is 991. The molecule has 0 unspecified atom stereocenters. The lowest BCUT2D eigenvalue weighted by Crippen LogP contribution is -2.52. The minimum atomic E-state index is -1.26. The summed E-state index contributed by atoms with van der Waals surface area (Å²) in [6.07, 6.45) is 0. The van der Waals surface area contributed by atoms with Crippen LogP contribution in [0.25, 0.3) is 0 Å². The van der Waals surface area contributed by atoms with E-state index in [1.165, 1.54) is 39.3 Å². The fourth-order valence-electron chi connectivity index (χ4n) is 5.71. The highest BCUT2D eigenvalue weighted by Gasteiger charge is 2.22. The van der Waals surface area contributed by atoms with Crippen molar-refractivity contribution < 1.29 is 79.2 Å². The topological polar surface area (TPSA) is 336 Å². The zero-order valence-corrected chi connectivity index (χ0v) is 31.2. The first-order valence-electron chi connectivity index (χ1n) is 17.6. The van der Waals surface area contributed by atoms with Crippen LogP contribution in [-0.4, -0.2) is 279 Å². The standard InChI is InChI=1S/C31H55N9O16/c41-24(42)15-33-1-2-34(16-25(43)44)5-6-36(18-27(47)48)9-10-38(20-29(51)52)13-14-40(22-31(55)56)32-23-39(21-30(53)54)12-11-37(19-28(49)50)8-7-35(4-3-33)17-26(45)46/h32H,1-23H2,(H,41,42)(H,43,44)(H,45,46)(H,47,48)(H,49,50)(H,51,52)(H,53,54)(H,55,56). The third kappa shape index (κ3) is 25.5. The maximum Gasteiger partial charge on any atom is 0.319 e. The summed E-state index contributed by atoms with van der Waals surface area (Å²) in [5, 5.41) is 77.6. The van der Waals surface area contributed by atoms with E-state index in [1.54, 1.807) is 0 Å². The van der Waals surface area contributed by atoms with Crippen molar-refractivity contribution in [3.63, 3.8) is 0 Å². The van der Waals surface area contributed by atoms with Crippen molar-refractivity contribution in [2.24, 2.45) is 0 Å². The van der Waals surface area contributed by atoms with Crippen molar-refractivity contribution >= 4 is 47.8 Å². The molecule has 1 fully saturated rings. The highest BCUT2D eigenvalue weighted by atomic mass is 16.4. The number of rotatable bonds is 16. The van der Waals surface area contributed by atoms with Crippen molar-refractivity contribution in [1.29, 1.82) is 0 Å². The molecule has 25 heteroatoms. The molecule has 320 valence electrons. The monoisotopic (exact) mass is 809 g/mol. The Morgan fingerprint density at radius 2 is 0.464 bits per heavy atom. The number of hydrazine groups is 1. The Kier molecular flexibility index (Phi) is 23.9. The second-order valence-electron chi connectivity index (χ2n) is 13.1. The fraction of sp³-hybridized carbons (Fsp3) is 0.742. The van der Waals surface area contributed by atoms with Gasteiger partial charge in [-0.25, -0.2) is 10.4 Å². The molecule has 0 aromatic carbocycles. The molecular formula is C31H55N9O16. The number of carboxylic acids is 8. The van der Waals surface area contributed by atoms with E-state index in [4.69, 9.17) is 0 Å². The molecule has 1 rings (SSSR count). The van der Waals surface area contributed by atoms with Gasteiger partial charge >= 0.3 is 47.8 Å². The number of nitrogens with one attached hydrogen (secondary N) is 1. The normalized spacial score (nSPS) is 19.4. The number of aliphatic carboxylic acids is 8. The molecule has 1 saturated heterocycles. The van der Waals surface area contributed by atoms with Crippen molar-refractivity contribution in [2.45, 2.75) is 0 Å². The number of carboxylic acid groups (broad SMARTS) is 8. The molecule has 0 saturated carbocycles. The number of hydrogen-bond donors (Lipinski definition) is 9. The van der Waals surface area contributed by atoms with Crippen LogP contribution in [0.15, 0.2) is 0 Å². The molecule has 0 atom stereocenters. The van der Waals surface area contributed by atoms with E-state index in [2.05, 4.69) is 5.43 Å². The van der Waals surface area contributed by atoms with Crippen LogP contribution in [0.1, 0.15) is 0 Å². The highest BCUT2D eigenvalue weighted by molar-refractivity contribution is 5.71. The van der Waals surface area contributed by atoms with Crippen LogP contribution in [0.4, 0.5) is 0 Å². The molecule has 0 amide bonds. The smallest absolute Gasteiger partial charge is 0.319 e. The number of hydrogen-bond acceptors (Lipinski definition) is 17. The second-order valence-corrected chi connectivity index (χ2v) is 13.1. The summed E-state index contributed by atoms with van der Waals surface area (Å²) in [6, 6.07) is 0. The van der Waals surface area contributed by atoms with Gasteiger partial charge in [-0.05, 0) is 0 Å². The molecule has 0 radical (unpaired) electrons. The lowest BCUT2D eigenvalue weighted by Gasteiger charge is -2.32. The molecule has 1 aliphatic heterocycles. The van der Waals surface area contributed by atoms with Crippen LogP contribution in [0.5, 0.6) is 0 Å². The van der Waals surface area contributed by atoms with Crippen molar-refractivity contribution in [1.82, 2.24) is 44.7 Å². The molecule has 1 aliphatic rings. The third-order valence-electron chi connectivity index (χ3n) is 8.44. The van der Waals surface area contributed by atoms with E-state index in [-0.39, 0.29) is 98.3 Å². The Balaban J connectivity index is 3.52. The van der Waals surface area contributed by atoms with Gasteiger partial charge in [0.1, 0.15) is 6.54 Å². The molecule has 0 aromatic heterocycles. The lowest BCUT2D eigenvalue weighted by molar-refractivity contribution is -0.142. The molecule has 1 heterocycles. The summed E-state index contributed by atoms with van der Waals surface area (Å²) in [5.74, 6) is -9.75. The minimum Gasteiger partial charge on any atom is -0.480 e. The van der Waals surface area contributed by atoms with Gasteiger partial charge in [0.15, 0.2) is 0 Å². The second kappa shape index (κ2) is 27.1. The van der Waals surface area contributed by atoms with Crippen LogP contribution in [0, 0.1) is 0 Å². The predicted molar refractivity (Wildman–Crippen MR) is 191 cm³/mol. The van der Waals surface area contributed by atoms with Gasteiger partial charge in [-0.1, -0.05) is 0 Å². The van der Waals surface area contributed by atoms with Crippen molar-refractivity contribution in [2.75, 3.05) is 151 Å². The fourth-order valence-corrected chi connectivity index (χ4v) is 5.71. The molecule has 56 heavy (non-hydrogen) atoms.